The zero-order valence-corrected chi connectivity index (χ0v) is 15.4. The average molecular weight is 380 g/mol. The van der Waals surface area contributed by atoms with Gasteiger partial charge in [-0.15, -0.1) is 0 Å². The fraction of sp³-hybridized carbons (Fsp3) is 0.0476. The highest BCUT2D eigenvalue weighted by Crippen LogP contribution is 2.25. The lowest BCUT2D eigenvalue weighted by Crippen LogP contribution is -2.13. The van der Waals surface area contributed by atoms with Crippen LogP contribution in [0.5, 0.6) is 0 Å². The minimum absolute atomic E-state index is 0.149. The van der Waals surface area contributed by atoms with E-state index in [4.69, 9.17) is 0 Å². The molecule has 0 aliphatic heterocycles. The molecule has 0 amide bonds. The van der Waals surface area contributed by atoms with Gasteiger partial charge < -0.3 is 4.57 Å². The smallest absolute Gasteiger partial charge is 0.261 e. The first-order valence-corrected chi connectivity index (χ1v) is 9.85. The number of benzene rings is 3. The molecule has 4 nitrogen and oxygen atoms in total. The summed E-state index contributed by atoms with van der Waals surface area (Å²) in [5, 5.41) is 1.04. The van der Waals surface area contributed by atoms with E-state index in [1.165, 1.54) is 18.2 Å². The van der Waals surface area contributed by atoms with Gasteiger partial charge in [-0.2, -0.15) is 0 Å². The van der Waals surface area contributed by atoms with E-state index in [2.05, 4.69) is 4.72 Å². The molecule has 3 aromatic carbocycles. The van der Waals surface area contributed by atoms with E-state index in [9.17, 15) is 12.8 Å². The Morgan fingerprint density at radius 3 is 2.44 bits per heavy atom. The van der Waals surface area contributed by atoms with E-state index in [1.807, 2.05) is 29.9 Å². The van der Waals surface area contributed by atoms with Crippen molar-refractivity contribution in [3.05, 3.63) is 84.8 Å². The normalized spacial score (nSPS) is 11.6. The average Bonchev–Trinajstić information content (AvgIpc) is 3.03. The first-order chi connectivity index (χ1) is 12.9. The van der Waals surface area contributed by atoms with Gasteiger partial charge in [0.25, 0.3) is 10.0 Å². The summed E-state index contributed by atoms with van der Waals surface area (Å²) in [5.41, 5.74) is 2.89. The topological polar surface area (TPSA) is 51.1 Å². The summed E-state index contributed by atoms with van der Waals surface area (Å²) in [4.78, 5) is 0.149. The second-order valence-electron chi connectivity index (χ2n) is 6.34. The highest BCUT2D eigenvalue weighted by Gasteiger charge is 2.15. The molecular formula is C21H17FN2O2S. The molecule has 0 spiro atoms. The SMILES string of the molecule is Cn1ccc2ccc(NS(=O)(=O)c3cccc(-c4ccc(F)cc4)c3)cc21. The summed E-state index contributed by atoms with van der Waals surface area (Å²) in [6.07, 6.45) is 1.93. The van der Waals surface area contributed by atoms with Gasteiger partial charge in [0, 0.05) is 18.8 Å². The second-order valence-corrected chi connectivity index (χ2v) is 8.02. The van der Waals surface area contributed by atoms with Gasteiger partial charge in [0.2, 0.25) is 0 Å². The predicted octanol–water partition coefficient (Wildman–Crippen LogP) is 4.79. The summed E-state index contributed by atoms with van der Waals surface area (Å²) >= 11 is 0. The number of nitrogens with zero attached hydrogens (tertiary/aromatic N) is 1. The number of anilines is 1. The van der Waals surface area contributed by atoms with E-state index < -0.39 is 10.0 Å². The third-order valence-electron chi connectivity index (χ3n) is 4.46. The number of aryl methyl sites for hydroxylation is 1. The van der Waals surface area contributed by atoms with Crippen LogP contribution in [-0.2, 0) is 17.1 Å². The molecule has 0 atom stereocenters. The van der Waals surface area contributed by atoms with Gasteiger partial charge in [-0.05, 0) is 59.0 Å². The molecule has 4 aromatic rings. The molecule has 0 aliphatic carbocycles. The summed E-state index contributed by atoms with van der Waals surface area (Å²) in [6.45, 7) is 0. The molecule has 0 aliphatic rings. The molecule has 27 heavy (non-hydrogen) atoms. The maximum Gasteiger partial charge on any atom is 0.261 e. The van der Waals surface area contributed by atoms with Crippen LogP contribution in [0.15, 0.2) is 83.9 Å². The molecule has 0 radical (unpaired) electrons. The molecule has 1 heterocycles. The van der Waals surface area contributed by atoms with Gasteiger partial charge in [0.1, 0.15) is 5.82 Å². The molecule has 0 fully saturated rings. The molecule has 1 aromatic heterocycles. The van der Waals surface area contributed by atoms with Crippen LogP contribution in [0.2, 0.25) is 0 Å². The van der Waals surface area contributed by atoms with Gasteiger partial charge in [-0.25, -0.2) is 12.8 Å². The lowest BCUT2D eigenvalue weighted by atomic mass is 10.1. The molecule has 136 valence electrons. The fourth-order valence-electron chi connectivity index (χ4n) is 3.03. The lowest BCUT2D eigenvalue weighted by Gasteiger charge is -2.10. The molecule has 6 heteroatoms. The van der Waals surface area contributed by atoms with Crippen molar-refractivity contribution in [2.45, 2.75) is 4.90 Å². The van der Waals surface area contributed by atoms with Gasteiger partial charge in [-0.3, -0.25) is 4.72 Å². The standard InChI is InChI=1S/C21H17FN2O2S/c1-24-12-11-16-7-10-19(14-21(16)24)23-27(25,26)20-4-2-3-17(13-20)15-5-8-18(22)9-6-15/h2-14,23H,1H3. The third kappa shape index (κ3) is 3.44. The number of rotatable bonds is 4. The fourth-order valence-corrected chi connectivity index (χ4v) is 4.12. The number of hydrogen-bond donors (Lipinski definition) is 1. The monoisotopic (exact) mass is 380 g/mol. The Kier molecular flexibility index (Phi) is 4.20. The van der Waals surface area contributed by atoms with Crippen molar-refractivity contribution >= 4 is 26.6 Å². The van der Waals surface area contributed by atoms with Crippen molar-refractivity contribution in [1.29, 1.82) is 0 Å². The minimum atomic E-state index is -3.75. The Labute approximate surface area is 156 Å². The van der Waals surface area contributed by atoms with Crippen molar-refractivity contribution in [1.82, 2.24) is 4.57 Å². The minimum Gasteiger partial charge on any atom is -0.350 e. The quantitative estimate of drug-likeness (QED) is 0.554. The van der Waals surface area contributed by atoms with Crippen molar-refractivity contribution < 1.29 is 12.8 Å². The maximum atomic E-state index is 13.1. The lowest BCUT2D eigenvalue weighted by molar-refractivity contribution is 0.601. The van der Waals surface area contributed by atoms with Gasteiger partial charge in [0.15, 0.2) is 0 Å². The Balaban J connectivity index is 1.67. The van der Waals surface area contributed by atoms with E-state index in [0.29, 0.717) is 11.3 Å². The highest BCUT2D eigenvalue weighted by molar-refractivity contribution is 7.92. The van der Waals surface area contributed by atoms with Crippen LogP contribution in [0, 0.1) is 5.82 Å². The number of aromatic nitrogens is 1. The van der Waals surface area contributed by atoms with Crippen LogP contribution in [0.25, 0.3) is 22.0 Å². The largest absolute Gasteiger partial charge is 0.350 e. The highest BCUT2D eigenvalue weighted by atomic mass is 32.2. The van der Waals surface area contributed by atoms with E-state index in [1.54, 1.807) is 42.5 Å². The molecule has 0 saturated heterocycles. The number of hydrogen-bond acceptors (Lipinski definition) is 2. The zero-order valence-electron chi connectivity index (χ0n) is 14.6. The predicted molar refractivity (Wildman–Crippen MR) is 106 cm³/mol. The van der Waals surface area contributed by atoms with E-state index >= 15 is 0 Å². The summed E-state index contributed by atoms with van der Waals surface area (Å²) in [7, 11) is -1.84. The number of nitrogens with one attached hydrogen (secondary N) is 1. The summed E-state index contributed by atoms with van der Waals surface area (Å²) in [6, 6.07) is 19.9. The number of sulfonamides is 1. The van der Waals surface area contributed by atoms with Gasteiger partial charge in [0.05, 0.1) is 10.6 Å². The molecule has 0 saturated carbocycles. The molecule has 1 N–H and O–H groups in total. The van der Waals surface area contributed by atoms with Crippen molar-refractivity contribution in [3.8, 4) is 11.1 Å². The first kappa shape index (κ1) is 17.3. The van der Waals surface area contributed by atoms with E-state index in [0.717, 1.165) is 16.5 Å². The van der Waals surface area contributed by atoms with E-state index in [-0.39, 0.29) is 10.7 Å². The van der Waals surface area contributed by atoms with Gasteiger partial charge >= 0.3 is 0 Å². The Morgan fingerprint density at radius 1 is 0.889 bits per heavy atom. The Bertz CT molecular complexity index is 1230. The third-order valence-corrected chi connectivity index (χ3v) is 5.84. The van der Waals surface area contributed by atoms with Crippen LogP contribution < -0.4 is 4.72 Å². The van der Waals surface area contributed by atoms with Crippen LogP contribution in [0.3, 0.4) is 0 Å². The Hall–Kier alpha value is -3.12. The summed E-state index contributed by atoms with van der Waals surface area (Å²) in [5.74, 6) is -0.333. The number of fused-ring (bicyclic) bond motifs is 1. The number of halogens is 1. The van der Waals surface area contributed by atoms with Crippen molar-refractivity contribution in [2.24, 2.45) is 7.05 Å². The second kappa shape index (κ2) is 6.55. The molecule has 0 unspecified atom stereocenters. The summed E-state index contributed by atoms with van der Waals surface area (Å²) < 4.78 is 43.3. The molecular weight excluding hydrogens is 363 g/mol. The van der Waals surface area contributed by atoms with Crippen molar-refractivity contribution in [2.75, 3.05) is 4.72 Å². The van der Waals surface area contributed by atoms with Gasteiger partial charge in [-0.1, -0.05) is 30.3 Å². The van der Waals surface area contributed by atoms with Crippen LogP contribution in [0.1, 0.15) is 0 Å². The van der Waals surface area contributed by atoms with Crippen molar-refractivity contribution in [3.63, 3.8) is 0 Å². The van der Waals surface area contributed by atoms with Crippen LogP contribution >= 0.6 is 0 Å². The molecule has 4 rings (SSSR count). The maximum absolute atomic E-state index is 13.1. The first-order valence-electron chi connectivity index (χ1n) is 8.36. The Morgan fingerprint density at radius 2 is 1.67 bits per heavy atom. The van der Waals surface area contributed by atoms with Crippen LogP contribution in [-0.4, -0.2) is 13.0 Å². The molecule has 0 bridgehead atoms. The van der Waals surface area contributed by atoms with Crippen LogP contribution in [0.4, 0.5) is 10.1 Å². The zero-order chi connectivity index (χ0) is 19.0.